The van der Waals surface area contributed by atoms with Crippen LogP contribution in [0.15, 0.2) is 6.20 Å². The topological polar surface area (TPSA) is 75.7 Å². The van der Waals surface area contributed by atoms with E-state index in [1.165, 1.54) is 0 Å². The molecule has 0 aromatic carbocycles. The zero-order valence-corrected chi connectivity index (χ0v) is 6.33. The third-order valence-corrected chi connectivity index (χ3v) is 1.38. The van der Waals surface area contributed by atoms with Crippen molar-refractivity contribution >= 4 is 12.0 Å². The minimum absolute atomic E-state index is 0.317. The summed E-state index contributed by atoms with van der Waals surface area (Å²) in [5.74, 6) is 0.317. The number of aromatic nitrogens is 2. The molecule has 0 aliphatic rings. The first-order valence-corrected chi connectivity index (χ1v) is 3.39. The lowest BCUT2D eigenvalue weighted by atomic mass is 10.3. The van der Waals surface area contributed by atoms with Crippen molar-refractivity contribution in [2.75, 3.05) is 5.73 Å². The normalized spacial score (nSPS) is 9.55. The first-order chi connectivity index (χ1) is 5.27. The largest absolute Gasteiger partial charge is 0.382 e. The van der Waals surface area contributed by atoms with Gasteiger partial charge in [0.05, 0.1) is 11.9 Å². The van der Waals surface area contributed by atoms with Crippen LogP contribution in [0.4, 0.5) is 5.82 Å². The fraction of sp³-hybridized carbons (Fsp3) is 0.286. The molecule has 0 unspecified atom stereocenters. The zero-order chi connectivity index (χ0) is 8.27. The average molecular weight is 150 g/mol. The summed E-state index contributed by atoms with van der Waals surface area (Å²) in [6.07, 6.45) is 3.55. The lowest BCUT2D eigenvalue weighted by Gasteiger charge is -1.99. The smallest absolute Gasteiger partial charge is 0.150 e. The highest BCUT2D eigenvalue weighted by atomic mass is 14.9. The Kier molecular flexibility index (Phi) is 2.15. The highest BCUT2D eigenvalue weighted by Gasteiger charge is 1.98. The Hall–Kier alpha value is -1.45. The van der Waals surface area contributed by atoms with Gasteiger partial charge in [-0.3, -0.25) is 0 Å². The second-order valence-corrected chi connectivity index (χ2v) is 2.13. The van der Waals surface area contributed by atoms with Gasteiger partial charge in [0.15, 0.2) is 5.82 Å². The summed E-state index contributed by atoms with van der Waals surface area (Å²) in [7, 11) is 0. The lowest BCUT2D eigenvalue weighted by molar-refractivity contribution is 0.998. The van der Waals surface area contributed by atoms with Gasteiger partial charge in [-0.1, -0.05) is 6.92 Å². The molecule has 4 heteroatoms. The van der Waals surface area contributed by atoms with Crippen molar-refractivity contribution in [3.63, 3.8) is 0 Å². The molecule has 0 saturated heterocycles. The van der Waals surface area contributed by atoms with Crippen LogP contribution in [0.1, 0.15) is 18.3 Å². The molecule has 0 aliphatic carbocycles. The van der Waals surface area contributed by atoms with Gasteiger partial charge in [-0.05, 0) is 6.42 Å². The number of hydrogen-bond acceptors (Lipinski definition) is 4. The quantitative estimate of drug-likeness (QED) is 0.607. The van der Waals surface area contributed by atoms with E-state index in [2.05, 4.69) is 9.97 Å². The highest BCUT2D eigenvalue weighted by Crippen LogP contribution is 2.02. The minimum Gasteiger partial charge on any atom is -0.382 e. The Balaban J connectivity index is 3.12. The Bertz CT molecular complexity index is 269. The maximum Gasteiger partial charge on any atom is 0.150 e. The van der Waals surface area contributed by atoms with E-state index in [4.69, 9.17) is 11.1 Å². The van der Waals surface area contributed by atoms with E-state index in [1.54, 1.807) is 6.20 Å². The molecular weight excluding hydrogens is 140 g/mol. The lowest BCUT2D eigenvalue weighted by Crippen LogP contribution is -2.02. The second-order valence-electron chi connectivity index (χ2n) is 2.13. The standard InChI is InChI=1S/C7H10N4/c1-2-5-4-10-7(9)6(3-8)11-5/h3-4,8H,2H2,1H3,(H2,9,10). The van der Waals surface area contributed by atoms with Crippen molar-refractivity contribution in [1.82, 2.24) is 9.97 Å². The van der Waals surface area contributed by atoms with Gasteiger partial charge in [-0.2, -0.15) is 0 Å². The van der Waals surface area contributed by atoms with Crippen LogP contribution in [0.25, 0.3) is 0 Å². The third-order valence-electron chi connectivity index (χ3n) is 1.38. The van der Waals surface area contributed by atoms with Crippen molar-refractivity contribution in [1.29, 1.82) is 5.41 Å². The van der Waals surface area contributed by atoms with Gasteiger partial charge in [-0.25, -0.2) is 9.97 Å². The molecule has 1 rings (SSSR count). The van der Waals surface area contributed by atoms with Crippen molar-refractivity contribution in [2.24, 2.45) is 0 Å². The third kappa shape index (κ3) is 1.52. The Morgan fingerprint density at radius 3 is 3.00 bits per heavy atom. The monoisotopic (exact) mass is 150 g/mol. The van der Waals surface area contributed by atoms with E-state index < -0.39 is 0 Å². The maximum atomic E-state index is 6.95. The molecule has 3 N–H and O–H groups in total. The van der Waals surface area contributed by atoms with Gasteiger partial charge >= 0.3 is 0 Å². The van der Waals surface area contributed by atoms with Crippen LogP contribution in [0.3, 0.4) is 0 Å². The summed E-state index contributed by atoms with van der Waals surface area (Å²) in [4.78, 5) is 7.96. The molecule has 1 aromatic heterocycles. The van der Waals surface area contributed by atoms with E-state index in [1.807, 2.05) is 6.92 Å². The maximum absolute atomic E-state index is 6.95. The summed E-state index contributed by atoms with van der Waals surface area (Å²) >= 11 is 0. The van der Waals surface area contributed by atoms with E-state index in [0.717, 1.165) is 18.3 Å². The molecule has 0 saturated carbocycles. The van der Waals surface area contributed by atoms with Gasteiger partial charge in [0.25, 0.3) is 0 Å². The summed E-state index contributed by atoms with van der Waals surface area (Å²) in [6, 6.07) is 0. The van der Waals surface area contributed by atoms with E-state index in [0.29, 0.717) is 11.5 Å². The number of hydrogen-bond donors (Lipinski definition) is 2. The molecule has 1 aromatic rings. The van der Waals surface area contributed by atoms with Crippen LogP contribution in [-0.4, -0.2) is 16.2 Å². The van der Waals surface area contributed by atoms with Crippen molar-refractivity contribution in [3.05, 3.63) is 17.6 Å². The second kappa shape index (κ2) is 3.09. The highest BCUT2D eigenvalue weighted by molar-refractivity contribution is 5.80. The number of nitrogen functional groups attached to an aromatic ring is 1. The van der Waals surface area contributed by atoms with Gasteiger partial charge in [0.2, 0.25) is 0 Å². The zero-order valence-electron chi connectivity index (χ0n) is 6.33. The SMILES string of the molecule is CCc1cnc(N)c(C=N)n1. The summed E-state index contributed by atoms with van der Waals surface area (Å²) in [5, 5.41) is 6.95. The van der Waals surface area contributed by atoms with E-state index in [9.17, 15) is 0 Å². The number of nitrogens with one attached hydrogen (secondary N) is 1. The predicted molar refractivity (Wildman–Crippen MR) is 43.7 cm³/mol. The fourth-order valence-corrected chi connectivity index (χ4v) is 0.728. The summed E-state index contributed by atoms with van der Waals surface area (Å²) in [6.45, 7) is 1.98. The van der Waals surface area contributed by atoms with Gasteiger partial charge in [0.1, 0.15) is 5.69 Å². The predicted octanol–water partition coefficient (Wildman–Crippen LogP) is 0.619. The number of rotatable bonds is 2. The Labute approximate surface area is 65.0 Å². The Morgan fingerprint density at radius 1 is 1.73 bits per heavy atom. The number of nitrogens with zero attached hydrogens (tertiary/aromatic N) is 2. The van der Waals surface area contributed by atoms with Crippen molar-refractivity contribution in [3.8, 4) is 0 Å². The summed E-state index contributed by atoms with van der Waals surface area (Å²) < 4.78 is 0. The molecule has 0 bridgehead atoms. The molecule has 0 amide bonds. The van der Waals surface area contributed by atoms with E-state index >= 15 is 0 Å². The first-order valence-electron chi connectivity index (χ1n) is 3.39. The fourth-order valence-electron chi connectivity index (χ4n) is 0.728. The van der Waals surface area contributed by atoms with Crippen LogP contribution >= 0.6 is 0 Å². The van der Waals surface area contributed by atoms with Gasteiger partial charge in [0, 0.05) is 6.21 Å². The van der Waals surface area contributed by atoms with Crippen LogP contribution in [0, 0.1) is 5.41 Å². The molecule has 0 spiro atoms. The van der Waals surface area contributed by atoms with Gasteiger partial charge < -0.3 is 11.1 Å². The molecule has 0 fully saturated rings. The van der Waals surface area contributed by atoms with Crippen molar-refractivity contribution < 1.29 is 0 Å². The minimum atomic E-state index is 0.317. The number of nitrogens with two attached hydrogens (primary N) is 1. The van der Waals surface area contributed by atoms with Crippen LogP contribution < -0.4 is 5.73 Å². The van der Waals surface area contributed by atoms with Crippen molar-refractivity contribution in [2.45, 2.75) is 13.3 Å². The molecule has 0 aliphatic heterocycles. The van der Waals surface area contributed by atoms with E-state index in [-0.39, 0.29) is 0 Å². The Morgan fingerprint density at radius 2 is 2.45 bits per heavy atom. The van der Waals surface area contributed by atoms with Gasteiger partial charge in [-0.15, -0.1) is 0 Å². The average Bonchev–Trinajstić information content (AvgIpc) is 2.05. The molecule has 0 atom stereocenters. The molecule has 1 heterocycles. The number of aryl methyl sites for hydroxylation is 1. The molecule has 58 valence electrons. The first kappa shape index (κ1) is 7.65. The molecule has 11 heavy (non-hydrogen) atoms. The van der Waals surface area contributed by atoms with Crippen LogP contribution in [0.2, 0.25) is 0 Å². The summed E-state index contributed by atoms with van der Waals surface area (Å²) in [5.41, 5.74) is 6.74. The van der Waals surface area contributed by atoms with Crippen LogP contribution in [-0.2, 0) is 6.42 Å². The molecular formula is C7H10N4. The molecule has 4 nitrogen and oxygen atoms in total. The molecule has 0 radical (unpaired) electrons. The number of anilines is 1. The van der Waals surface area contributed by atoms with Crippen LogP contribution in [0.5, 0.6) is 0 Å².